The summed E-state index contributed by atoms with van der Waals surface area (Å²) in [5.74, 6) is 0.942. The van der Waals surface area contributed by atoms with Crippen LogP contribution in [0.2, 0.25) is 0 Å². The van der Waals surface area contributed by atoms with Crippen molar-refractivity contribution in [2.24, 2.45) is 17.6 Å². The van der Waals surface area contributed by atoms with Crippen LogP contribution in [0.3, 0.4) is 0 Å². The Labute approximate surface area is 106 Å². The van der Waals surface area contributed by atoms with Gasteiger partial charge in [-0.2, -0.15) is 0 Å². The van der Waals surface area contributed by atoms with Crippen LogP contribution in [0.25, 0.3) is 0 Å². The molecule has 0 aromatic carbocycles. The van der Waals surface area contributed by atoms with Gasteiger partial charge >= 0.3 is 0 Å². The summed E-state index contributed by atoms with van der Waals surface area (Å²) in [6.45, 7) is 14.3. The number of rotatable bonds is 9. The van der Waals surface area contributed by atoms with Crippen molar-refractivity contribution in [2.45, 2.75) is 40.7 Å². The average molecular weight is 243 g/mol. The zero-order valence-electron chi connectivity index (χ0n) is 12.0. The molecule has 0 aliphatic rings. The lowest BCUT2D eigenvalue weighted by Gasteiger charge is -2.29. The number of nitrogens with zero attached hydrogens (tertiary/aromatic N) is 1. The lowest BCUT2D eigenvalue weighted by Crippen LogP contribution is -2.50. The molecule has 0 aromatic rings. The molecule has 0 fully saturated rings. The Kier molecular flexibility index (Phi) is 8.17. The third-order valence-corrected chi connectivity index (χ3v) is 2.48. The number of hydrogen-bond acceptors (Lipinski definition) is 3. The molecule has 0 saturated carbocycles. The number of likely N-dealkylation sites (N-methyl/N-ethyl adjacent to an activating group) is 1. The summed E-state index contributed by atoms with van der Waals surface area (Å²) in [5.41, 5.74) is 5.40. The van der Waals surface area contributed by atoms with Gasteiger partial charge in [-0.1, -0.05) is 34.6 Å². The fourth-order valence-corrected chi connectivity index (χ4v) is 2.02. The fourth-order valence-electron chi connectivity index (χ4n) is 2.02. The van der Waals surface area contributed by atoms with E-state index in [9.17, 15) is 4.79 Å². The molecule has 1 atom stereocenters. The average Bonchev–Trinajstić information content (AvgIpc) is 2.14. The molecule has 0 aliphatic carbocycles. The summed E-state index contributed by atoms with van der Waals surface area (Å²) in [7, 11) is 0. The van der Waals surface area contributed by atoms with E-state index in [1.54, 1.807) is 0 Å². The molecule has 0 rings (SSSR count). The van der Waals surface area contributed by atoms with E-state index >= 15 is 0 Å². The van der Waals surface area contributed by atoms with Gasteiger partial charge in [0, 0.05) is 19.6 Å². The number of carbonyl (C=O) groups excluding carboxylic acids is 1. The maximum atomic E-state index is 11.3. The predicted molar refractivity (Wildman–Crippen MR) is 72.8 cm³/mol. The first-order valence-corrected chi connectivity index (χ1v) is 6.61. The fraction of sp³-hybridized carbons (Fsp3) is 0.923. The first-order chi connectivity index (χ1) is 7.86. The highest BCUT2D eigenvalue weighted by atomic mass is 16.1. The minimum absolute atomic E-state index is 0.238. The van der Waals surface area contributed by atoms with Crippen molar-refractivity contribution in [2.75, 3.05) is 26.2 Å². The lowest BCUT2D eigenvalue weighted by molar-refractivity contribution is -0.120. The van der Waals surface area contributed by atoms with Crippen LogP contribution < -0.4 is 11.1 Å². The Balaban J connectivity index is 4.40. The Bertz CT molecular complexity index is 207. The second kappa shape index (κ2) is 8.48. The molecule has 17 heavy (non-hydrogen) atoms. The van der Waals surface area contributed by atoms with Crippen LogP contribution in [0.1, 0.15) is 34.6 Å². The molecule has 4 heteroatoms. The Morgan fingerprint density at radius 1 is 1.12 bits per heavy atom. The summed E-state index contributed by atoms with van der Waals surface area (Å²) in [4.78, 5) is 13.7. The minimum Gasteiger partial charge on any atom is -0.368 e. The number of hydrogen-bond donors (Lipinski definition) is 2. The summed E-state index contributed by atoms with van der Waals surface area (Å²) in [6, 6.07) is -0.238. The summed E-state index contributed by atoms with van der Waals surface area (Å²) in [5, 5.41) is 3.14. The molecule has 4 nitrogen and oxygen atoms in total. The van der Waals surface area contributed by atoms with Crippen LogP contribution in [0.15, 0.2) is 0 Å². The number of primary amides is 1. The number of amides is 1. The van der Waals surface area contributed by atoms with E-state index in [1.165, 1.54) is 0 Å². The smallest absolute Gasteiger partial charge is 0.235 e. The van der Waals surface area contributed by atoms with E-state index in [0.29, 0.717) is 18.4 Å². The summed E-state index contributed by atoms with van der Waals surface area (Å²) < 4.78 is 0. The molecule has 102 valence electrons. The second-order valence-corrected chi connectivity index (χ2v) is 5.52. The van der Waals surface area contributed by atoms with Gasteiger partial charge in [0.1, 0.15) is 0 Å². The van der Waals surface area contributed by atoms with Gasteiger partial charge in [-0.25, -0.2) is 0 Å². The Hall–Kier alpha value is -0.610. The standard InChI is InChI=1S/C13H29N3O/c1-6-15-12(13(14)17)9-16(7-10(2)3)8-11(4)5/h10-12,15H,6-9H2,1-5H3,(H2,14,17). The second-order valence-electron chi connectivity index (χ2n) is 5.52. The van der Waals surface area contributed by atoms with Crippen LogP contribution in [-0.2, 0) is 4.79 Å². The van der Waals surface area contributed by atoms with Crippen molar-refractivity contribution in [3.8, 4) is 0 Å². The Morgan fingerprint density at radius 2 is 1.59 bits per heavy atom. The Morgan fingerprint density at radius 3 is 1.88 bits per heavy atom. The maximum absolute atomic E-state index is 11.3. The molecule has 1 unspecified atom stereocenters. The molecular weight excluding hydrogens is 214 g/mol. The van der Waals surface area contributed by atoms with E-state index in [0.717, 1.165) is 19.6 Å². The molecule has 0 aromatic heterocycles. The number of nitrogens with two attached hydrogens (primary N) is 1. The number of carbonyl (C=O) groups is 1. The van der Waals surface area contributed by atoms with Crippen molar-refractivity contribution in [3.63, 3.8) is 0 Å². The molecule has 0 radical (unpaired) electrons. The molecule has 0 bridgehead atoms. The van der Waals surface area contributed by atoms with Crippen LogP contribution in [-0.4, -0.2) is 43.0 Å². The highest BCUT2D eigenvalue weighted by molar-refractivity contribution is 5.80. The molecule has 0 heterocycles. The van der Waals surface area contributed by atoms with E-state index in [2.05, 4.69) is 37.9 Å². The van der Waals surface area contributed by atoms with Gasteiger partial charge in [-0.15, -0.1) is 0 Å². The van der Waals surface area contributed by atoms with Crippen LogP contribution in [0.5, 0.6) is 0 Å². The zero-order chi connectivity index (χ0) is 13.4. The SMILES string of the molecule is CCNC(CN(CC(C)C)CC(C)C)C(N)=O. The molecule has 1 amide bonds. The summed E-state index contributed by atoms with van der Waals surface area (Å²) >= 11 is 0. The zero-order valence-corrected chi connectivity index (χ0v) is 12.0. The van der Waals surface area contributed by atoms with Crippen molar-refractivity contribution >= 4 is 5.91 Å². The number of nitrogens with one attached hydrogen (secondary N) is 1. The molecular formula is C13H29N3O. The van der Waals surface area contributed by atoms with E-state index in [-0.39, 0.29) is 11.9 Å². The van der Waals surface area contributed by atoms with Crippen molar-refractivity contribution in [1.29, 1.82) is 0 Å². The third kappa shape index (κ3) is 8.16. The monoisotopic (exact) mass is 243 g/mol. The first-order valence-electron chi connectivity index (χ1n) is 6.61. The van der Waals surface area contributed by atoms with Crippen molar-refractivity contribution < 1.29 is 4.79 Å². The van der Waals surface area contributed by atoms with Crippen molar-refractivity contribution in [1.82, 2.24) is 10.2 Å². The highest BCUT2D eigenvalue weighted by Gasteiger charge is 2.19. The maximum Gasteiger partial charge on any atom is 0.235 e. The van der Waals surface area contributed by atoms with E-state index in [4.69, 9.17) is 5.73 Å². The van der Waals surface area contributed by atoms with Crippen LogP contribution >= 0.6 is 0 Å². The highest BCUT2D eigenvalue weighted by Crippen LogP contribution is 2.04. The van der Waals surface area contributed by atoms with Gasteiger partial charge in [0.25, 0.3) is 0 Å². The van der Waals surface area contributed by atoms with Gasteiger partial charge in [0.2, 0.25) is 5.91 Å². The van der Waals surface area contributed by atoms with Gasteiger partial charge < -0.3 is 16.0 Å². The largest absolute Gasteiger partial charge is 0.368 e. The van der Waals surface area contributed by atoms with E-state index < -0.39 is 0 Å². The lowest BCUT2D eigenvalue weighted by atomic mass is 10.1. The predicted octanol–water partition coefficient (Wildman–Crippen LogP) is 1.06. The molecule has 0 aliphatic heterocycles. The third-order valence-electron chi connectivity index (χ3n) is 2.48. The van der Waals surface area contributed by atoms with Crippen LogP contribution in [0.4, 0.5) is 0 Å². The molecule has 0 saturated heterocycles. The van der Waals surface area contributed by atoms with Gasteiger partial charge in [0.05, 0.1) is 6.04 Å². The van der Waals surface area contributed by atoms with Gasteiger partial charge in [-0.3, -0.25) is 4.79 Å². The minimum atomic E-state index is -0.260. The molecule has 3 N–H and O–H groups in total. The van der Waals surface area contributed by atoms with Gasteiger partial charge in [0.15, 0.2) is 0 Å². The quantitative estimate of drug-likeness (QED) is 0.637. The normalized spacial score (nSPS) is 13.6. The molecule has 0 spiro atoms. The summed E-state index contributed by atoms with van der Waals surface area (Å²) in [6.07, 6.45) is 0. The first kappa shape index (κ1) is 16.4. The van der Waals surface area contributed by atoms with Crippen LogP contribution in [0, 0.1) is 11.8 Å². The topological polar surface area (TPSA) is 58.4 Å². The van der Waals surface area contributed by atoms with E-state index in [1.807, 2.05) is 6.92 Å². The van der Waals surface area contributed by atoms with Gasteiger partial charge in [-0.05, 0) is 18.4 Å². The van der Waals surface area contributed by atoms with Crippen molar-refractivity contribution in [3.05, 3.63) is 0 Å².